The maximum atomic E-state index is 13.4. The standard InChI is InChI=1S/C26H30FN3O2S/c1-3-4-16-29(26(32)28-23-8-6-5-7-9-23)19-25(31)30(18-24-15-10-20(2)33-24)17-21-11-13-22(27)14-12-21/h5-15H,3-4,16-19H2,1-2H3,(H,28,32). The van der Waals surface area contributed by atoms with Gasteiger partial charge in [-0.1, -0.05) is 43.7 Å². The minimum atomic E-state index is -0.311. The lowest BCUT2D eigenvalue weighted by atomic mass is 10.2. The molecule has 0 spiro atoms. The highest BCUT2D eigenvalue weighted by Gasteiger charge is 2.22. The zero-order chi connectivity index (χ0) is 23.6. The number of benzene rings is 2. The van der Waals surface area contributed by atoms with Gasteiger partial charge in [0.15, 0.2) is 0 Å². The third-order valence-electron chi connectivity index (χ3n) is 5.20. The van der Waals surface area contributed by atoms with Crippen molar-refractivity contribution in [3.05, 3.63) is 87.9 Å². The van der Waals surface area contributed by atoms with Crippen molar-refractivity contribution in [2.75, 3.05) is 18.4 Å². The largest absolute Gasteiger partial charge is 0.332 e. The summed E-state index contributed by atoms with van der Waals surface area (Å²) in [6, 6.07) is 19.1. The lowest BCUT2D eigenvalue weighted by Gasteiger charge is -2.28. The second kappa shape index (κ2) is 12.2. The Balaban J connectivity index is 1.75. The van der Waals surface area contributed by atoms with Gasteiger partial charge in [-0.05, 0) is 55.3 Å². The molecule has 3 aromatic rings. The normalized spacial score (nSPS) is 10.6. The Morgan fingerprint density at radius 1 is 0.939 bits per heavy atom. The van der Waals surface area contributed by atoms with Gasteiger partial charge >= 0.3 is 6.03 Å². The highest BCUT2D eigenvalue weighted by Crippen LogP contribution is 2.19. The zero-order valence-electron chi connectivity index (χ0n) is 19.1. The molecule has 0 aliphatic heterocycles. The van der Waals surface area contributed by atoms with Gasteiger partial charge in [-0.3, -0.25) is 4.79 Å². The number of hydrogen-bond donors (Lipinski definition) is 1. The van der Waals surface area contributed by atoms with Crippen LogP contribution in [0.5, 0.6) is 0 Å². The van der Waals surface area contributed by atoms with Gasteiger partial charge in [-0.25, -0.2) is 9.18 Å². The number of para-hydroxylation sites is 1. The molecule has 7 heteroatoms. The summed E-state index contributed by atoms with van der Waals surface area (Å²) >= 11 is 1.64. The molecule has 0 aliphatic carbocycles. The van der Waals surface area contributed by atoms with Gasteiger partial charge in [0.25, 0.3) is 0 Å². The number of amides is 3. The van der Waals surface area contributed by atoms with E-state index in [4.69, 9.17) is 0 Å². The third kappa shape index (κ3) is 7.71. The first-order chi connectivity index (χ1) is 15.9. The highest BCUT2D eigenvalue weighted by molar-refractivity contribution is 7.11. The molecule has 0 saturated carbocycles. The lowest BCUT2D eigenvalue weighted by Crippen LogP contribution is -2.44. The predicted molar refractivity (Wildman–Crippen MR) is 132 cm³/mol. The fraction of sp³-hybridized carbons (Fsp3) is 0.308. The molecule has 174 valence electrons. The summed E-state index contributed by atoms with van der Waals surface area (Å²) in [4.78, 5) is 31.9. The van der Waals surface area contributed by atoms with Crippen molar-refractivity contribution < 1.29 is 14.0 Å². The molecule has 0 unspecified atom stereocenters. The Hall–Kier alpha value is -3.19. The Morgan fingerprint density at radius 2 is 1.67 bits per heavy atom. The number of unbranched alkanes of at least 4 members (excludes halogenated alkanes) is 1. The lowest BCUT2D eigenvalue weighted by molar-refractivity contribution is -0.133. The number of urea groups is 1. The first kappa shape index (κ1) is 24.5. The van der Waals surface area contributed by atoms with E-state index in [0.29, 0.717) is 25.3 Å². The molecule has 0 atom stereocenters. The zero-order valence-corrected chi connectivity index (χ0v) is 19.9. The monoisotopic (exact) mass is 467 g/mol. The minimum absolute atomic E-state index is 0.0236. The average molecular weight is 468 g/mol. The van der Waals surface area contributed by atoms with E-state index in [0.717, 1.165) is 23.3 Å². The van der Waals surface area contributed by atoms with Crippen LogP contribution in [0.1, 0.15) is 35.1 Å². The van der Waals surface area contributed by atoms with Gasteiger partial charge in [0, 0.05) is 28.5 Å². The molecule has 33 heavy (non-hydrogen) atoms. The van der Waals surface area contributed by atoms with E-state index in [1.165, 1.54) is 17.0 Å². The maximum absolute atomic E-state index is 13.4. The van der Waals surface area contributed by atoms with Crippen molar-refractivity contribution in [3.63, 3.8) is 0 Å². The summed E-state index contributed by atoms with van der Waals surface area (Å²) < 4.78 is 13.4. The van der Waals surface area contributed by atoms with E-state index in [-0.39, 0.29) is 24.3 Å². The van der Waals surface area contributed by atoms with E-state index in [1.54, 1.807) is 33.3 Å². The van der Waals surface area contributed by atoms with Gasteiger partial charge in [0.2, 0.25) is 5.91 Å². The Bertz CT molecular complexity index is 1040. The number of nitrogens with zero attached hydrogens (tertiary/aromatic N) is 2. The van der Waals surface area contributed by atoms with Gasteiger partial charge in [-0.2, -0.15) is 0 Å². The van der Waals surface area contributed by atoms with Crippen LogP contribution >= 0.6 is 11.3 Å². The van der Waals surface area contributed by atoms with Crippen LogP contribution in [0, 0.1) is 12.7 Å². The van der Waals surface area contributed by atoms with Crippen LogP contribution in [0.3, 0.4) is 0 Å². The fourth-order valence-corrected chi connectivity index (χ4v) is 4.30. The number of halogens is 1. The van der Waals surface area contributed by atoms with E-state index < -0.39 is 0 Å². The van der Waals surface area contributed by atoms with Gasteiger partial charge in [0.1, 0.15) is 12.4 Å². The molecule has 5 nitrogen and oxygen atoms in total. The molecule has 1 heterocycles. The van der Waals surface area contributed by atoms with Crippen molar-refractivity contribution in [1.82, 2.24) is 9.80 Å². The second-order valence-electron chi connectivity index (χ2n) is 7.96. The van der Waals surface area contributed by atoms with Crippen LogP contribution in [0.15, 0.2) is 66.7 Å². The summed E-state index contributed by atoms with van der Waals surface area (Å²) in [6.45, 7) is 5.33. The van der Waals surface area contributed by atoms with E-state index in [1.807, 2.05) is 49.4 Å². The molecule has 0 fully saturated rings. The molecule has 3 rings (SSSR count). The highest BCUT2D eigenvalue weighted by atomic mass is 32.1. The molecule has 2 aromatic carbocycles. The maximum Gasteiger partial charge on any atom is 0.322 e. The number of thiophene rings is 1. The predicted octanol–water partition coefficient (Wildman–Crippen LogP) is 6.06. The minimum Gasteiger partial charge on any atom is -0.332 e. The van der Waals surface area contributed by atoms with Crippen molar-refractivity contribution >= 4 is 29.0 Å². The Labute approximate surface area is 198 Å². The quantitative estimate of drug-likeness (QED) is 0.394. The van der Waals surface area contributed by atoms with Gasteiger partial charge in [-0.15, -0.1) is 11.3 Å². The summed E-state index contributed by atoms with van der Waals surface area (Å²) in [6.07, 6.45) is 1.72. The molecular weight excluding hydrogens is 437 g/mol. The molecule has 1 aromatic heterocycles. The fourth-order valence-electron chi connectivity index (χ4n) is 3.39. The van der Waals surface area contributed by atoms with Crippen molar-refractivity contribution in [1.29, 1.82) is 0 Å². The number of aryl methyl sites for hydroxylation is 1. The van der Waals surface area contributed by atoms with Crippen molar-refractivity contribution in [2.24, 2.45) is 0 Å². The van der Waals surface area contributed by atoms with Crippen LogP contribution < -0.4 is 5.32 Å². The molecule has 0 saturated heterocycles. The Kier molecular flexibility index (Phi) is 9.01. The molecule has 3 amide bonds. The molecular formula is C26H30FN3O2S. The topological polar surface area (TPSA) is 52.7 Å². The van der Waals surface area contributed by atoms with Gasteiger partial charge in [0.05, 0.1) is 6.54 Å². The number of carbonyl (C=O) groups excluding carboxylic acids is 2. The SMILES string of the molecule is CCCCN(CC(=O)N(Cc1ccc(F)cc1)Cc1ccc(C)s1)C(=O)Nc1ccccc1. The molecule has 0 radical (unpaired) electrons. The van der Waals surface area contributed by atoms with Crippen LogP contribution in [0.4, 0.5) is 14.9 Å². The van der Waals surface area contributed by atoms with Crippen molar-refractivity contribution in [2.45, 2.75) is 39.8 Å². The third-order valence-corrected chi connectivity index (χ3v) is 6.19. The molecule has 0 bridgehead atoms. The first-order valence-electron chi connectivity index (χ1n) is 11.1. The van der Waals surface area contributed by atoms with Gasteiger partial charge < -0.3 is 15.1 Å². The van der Waals surface area contributed by atoms with E-state index in [2.05, 4.69) is 12.2 Å². The van der Waals surface area contributed by atoms with Crippen LogP contribution in [-0.4, -0.2) is 34.8 Å². The smallest absolute Gasteiger partial charge is 0.322 e. The summed E-state index contributed by atoms with van der Waals surface area (Å²) in [5.74, 6) is -0.460. The van der Waals surface area contributed by atoms with E-state index >= 15 is 0 Å². The number of nitrogens with one attached hydrogen (secondary N) is 1. The summed E-state index contributed by atoms with van der Waals surface area (Å²) in [7, 11) is 0. The number of carbonyl (C=O) groups is 2. The molecule has 0 aliphatic rings. The van der Waals surface area contributed by atoms with Crippen molar-refractivity contribution in [3.8, 4) is 0 Å². The van der Waals surface area contributed by atoms with Crippen LogP contribution in [0.2, 0.25) is 0 Å². The number of rotatable bonds is 10. The van der Waals surface area contributed by atoms with E-state index in [9.17, 15) is 14.0 Å². The van der Waals surface area contributed by atoms with Crippen LogP contribution in [0.25, 0.3) is 0 Å². The number of hydrogen-bond acceptors (Lipinski definition) is 3. The summed E-state index contributed by atoms with van der Waals surface area (Å²) in [5.41, 5.74) is 1.53. The first-order valence-corrected chi connectivity index (χ1v) is 11.9. The van der Waals surface area contributed by atoms with Crippen LogP contribution in [-0.2, 0) is 17.9 Å². The summed E-state index contributed by atoms with van der Waals surface area (Å²) in [5, 5.41) is 2.88. The molecule has 1 N–H and O–H groups in total. The number of anilines is 1. The average Bonchev–Trinajstić information content (AvgIpc) is 3.22. The Morgan fingerprint density at radius 3 is 2.30 bits per heavy atom. The second-order valence-corrected chi connectivity index (χ2v) is 9.33.